The molecule has 0 heterocycles. The Morgan fingerprint density at radius 1 is 1.27 bits per heavy atom. The third-order valence-electron chi connectivity index (χ3n) is 3.19. The second-order valence-corrected chi connectivity index (χ2v) is 6.24. The van der Waals surface area contributed by atoms with Gasteiger partial charge in [-0.2, -0.15) is 0 Å². The highest BCUT2D eigenvalue weighted by Gasteiger charge is 2.06. The van der Waals surface area contributed by atoms with Crippen LogP contribution in [0.5, 0.6) is 5.75 Å². The number of para-hydroxylation sites is 2. The van der Waals surface area contributed by atoms with Crippen molar-refractivity contribution in [3.8, 4) is 5.75 Å². The maximum absolute atomic E-state index is 11.9. The highest BCUT2D eigenvalue weighted by molar-refractivity contribution is 14.1. The highest BCUT2D eigenvalue weighted by atomic mass is 127. The van der Waals surface area contributed by atoms with Gasteiger partial charge in [0, 0.05) is 15.7 Å². The van der Waals surface area contributed by atoms with Crippen LogP contribution < -0.4 is 15.8 Å². The zero-order valence-corrected chi connectivity index (χ0v) is 14.6. The molecule has 0 unspecified atom stereocenters. The first-order valence-corrected chi connectivity index (χ1v) is 8.17. The minimum Gasteiger partial charge on any atom is -0.491 e. The number of carbonyl (C=O) groups excluding carboxylic acids is 1. The van der Waals surface area contributed by atoms with Gasteiger partial charge in [0.25, 0.3) is 0 Å². The Balaban J connectivity index is 1.75. The number of hydrogen-bond acceptors (Lipinski definition) is 3. The Kier molecular flexibility index (Phi) is 6.06. The van der Waals surface area contributed by atoms with Crippen LogP contribution >= 0.6 is 22.6 Å². The summed E-state index contributed by atoms with van der Waals surface area (Å²) in [6.45, 7) is 2.45. The van der Waals surface area contributed by atoms with Gasteiger partial charge in [0.2, 0.25) is 5.91 Å². The fraction of sp³-hybridized carbons (Fsp3) is 0.235. The third kappa shape index (κ3) is 4.91. The van der Waals surface area contributed by atoms with Crippen molar-refractivity contribution in [2.45, 2.75) is 19.8 Å². The van der Waals surface area contributed by atoms with Crippen LogP contribution in [0.3, 0.4) is 0 Å². The molecule has 0 aromatic heterocycles. The van der Waals surface area contributed by atoms with Gasteiger partial charge in [-0.1, -0.05) is 12.1 Å². The zero-order chi connectivity index (χ0) is 15.9. The van der Waals surface area contributed by atoms with Crippen molar-refractivity contribution in [3.05, 3.63) is 51.6 Å². The van der Waals surface area contributed by atoms with E-state index in [-0.39, 0.29) is 5.91 Å². The minimum absolute atomic E-state index is 0.00561. The van der Waals surface area contributed by atoms with Crippen LogP contribution in [0.25, 0.3) is 0 Å². The van der Waals surface area contributed by atoms with Crippen LogP contribution in [-0.4, -0.2) is 12.5 Å². The predicted octanol–water partition coefficient (Wildman–Crippen LogP) is 3.98. The number of nitrogen functional groups attached to an aromatic ring is 1. The number of halogens is 1. The first-order valence-electron chi connectivity index (χ1n) is 7.09. The lowest BCUT2D eigenvalue weighted by molar-refractivity contribution is -0.116. The molecule has 116 valence electrons. The number of nitrogens with two attached hydrogens (primary N) is 1. The number of aryl methyl sites for hydroxylation is 1. The summed E-state index contributed by atoms with van der Waals surface area (Å²) in [5.41, 5.74) is 8.32. The Bertz CT molecular complexity index is 659. The van der Waals surface area contributed by atoms with E-state index in [2.05, 4.69) is 27.9 Å². The molecule has 0 aliphatic heterocycles. The molecule has 1 amide bonds. The van der Waals surface area contributed by atoms with Crippen molar-refractivity contribution in [1.29, 1.82) is 0 Å². The van der Waals surface area contributed by atoms with E-state index in [1.54, 1.807) is 6.07 Å². The van der Waals surface area contributed by atoms with Crippen molar-refractivity contribution in [3.63, 3.8) is 0 Å². The molecule has 0 aliphatic rings. The van der Waals surface area contributed by atoms with Crippen LogP contribution in [0.4, 0.5) is 11.4 Å². The molecule has 22 heavy (non-hydrogen) atoms. The number of ether oxygens (including phenoxy) is 1. The fourth-order valence-corrected chi connectivity index (χ4v) is 2.65. The van der Waals surface area contributed by atoms with Gasteiger partial charge in [0.05, 0.1) is 12.3 Å². The summed E-state index contributed by atoms with van der Waals surface area (Å²) in [4.78, 5) is 11.9. The second-order valence-electron chi connectivity index (χ2n) is 5.00. The Labute approximate surface area is 144 Å². The van der Waals surface area contributed by atoms with Crippen LogP contribution in [0.1, 0.15) is 18.4 Å². The molecule has 5 heteroatoms. The van der Waals surface area contributed by atoms with E-state index in [9.17, 15) is 4.79 Å². The van der Waals surface area contributed by atoms with Gasteiger partial charge in [-0.05, 0) is 71.8 Å². The topological polar surface area (TPSA) is 64.3 Å². The fourth-order valence-electron chi connectivity index (χ4n) is 2.01. The van der Waals surface area contributed by atoms with Gasteiger partial charge in [0.15, 0.2) is 0 Å². The van der Waals surface area contributed by atoms with Crippen molar-refractivity contribution < 1.29 is 9.53 Å². The average Bonchev–Trinajstić information content (AvgIpc) is 2.48. The average molecular weight is 410 g/mol. The normalized spacial score (nSPS) is 10.3. The number of nitrogens with one attached hydrogen (secondary N) is 1. The number of anilines is 2. The number of hydrogen-bond donors (Lipinski definition) is 2. The Morgan fingerprint density at radius 3 is 2.77 bits per heavy atom. The molecule has 0 saturated heterocycles. The predicted molar refractivity (Wildman–Crippen MR) is 98.1 cm³/mol. The molecule has 4 nitrogen and oxygen atoms in total. The van der Waals surface area contributed by atoms with E-state index in [1.165, 1.54) is 0 Å². The number of benzene rings is 2. The lowest BCUT2D eigenvalue weighted by atomic mass is 10.2. The standard InChI is InChI=1S/C17H19IN2O2/c1-12-11-13(18)8-9-15(12)20-17(21)7-4-10-22-16-6-3-2-5-14(16)19/h2-3,5-6,8-9,11H,4,7,10,19H2,1H3,(H,20,21). The Hall–Kier alpha value is -1.76. The van der Waals surface area contributed by atoms with E-state index >= 15 is 0 Å². The van der Waals surface area contributed by atoms with Gasteiger partial charge < -0.3 is 15.8 Å². The van der Waals surface area contributed by atoms with Crippen molar-refractivity contribution in [1.82, 2.24) is 0 Å². The number of rotatable bonds is 6. The molecule has 0 radical (unpaired) electrons. The first-order chi connectivity index (χ1) is 10.6. The molecule has 0 atom stereocenters. The summed E-state index contributed by atoms with van der Waals surface area (Å²) < 4.78 is 6.73. The van der Waals surface area contributed by atoms with Crippen molar-refractivity contribution >= 4 is 39.9 Å². The van der Waals surface area contributed by atoms with Gasteiger partial charge in [0.1, 0.15) is 5.75 Å². The van der Waals surface area contributed by atoms with Gasteiger partial charge in [-0.15, -0.1) is 0 Å². The lowest BCUT2D eigenvalue weighted by Gasteiger charge is -2.10. The van der Waals surface area contributed by atoms with Crippen molar-refractivity contribution in [2.75, 3.05) is 17.7 Å². The Morgan fingerprint density at radius 2 is 2.05 bits per heavy atom. The summed E-state index contributed by atoms with van der Waals surface area (Å²) in [5, 5.41) is 2.92. The van der Waals surface area contributed by atoms with E-state index in [4.69, 9.17) is 10.5 Å². The molecule has 0 aliphatic carbocycles. The second kappa shape index (κ2) is 8.03. The molecular weight excluding hydrogens is 391 g/mol. The van der Waals surface area contributed by atoms with Crippen LogP contribution in [0.2, 0.25) is 0 Å². The van der Waals surface area contributed by atoms with Crippen LogP contribution in [0, 0.1) is 10.5 Å². The highest BCUT2D eigenvalue weighted by Crippen LogP contribution is 2.20. The smallest absolute Gasteiger partial charge is 0.224 e. The summed E-state index contributed by atoms with van der Waals surface area (Å²) in [6, 6.07) is 13.3. The summed E-state index contributed by atoms with van der Waals surface area (Å²) in [5.74, 6) is 0.658. The summed E-state index contributed by atoms with van der Waals surface area (Å²) in [6.07, 6.45) is 1.06. The van der Waals surface area contributed by atoms with E-state index in [1.807, 2.05) is 43.3 Å². The molecule has 0 spiro atoms. The molecule has 0 saturated carbocycles. The lowest BCUT2D eigenvalue weighted by Crippen LogP contribution is -2.13. The SMILES string of the molecule is Cc1cc(I)ccc1NC(=O)CCCOc1ccccc1N. The number of carbonyl (C=O) groups is 1. The quantitative estimate of drug-likeness (QED) is 0.430. The van der Waals surface area contributed by atoms with Gasteiger partial charge in [-0.25, -0.2) is 0 Å². The molecule has 3 N–H and O–H groups in total. The molecule has 2 aromatic rings. The number of amides is 1. The van der Waals surface area contributed by atoms with Crippen molar-refractivity contribution in [2.24, 2.45) is 0 Å². The van der Waals surface area contributed by atoms with E-state index < -0.39 is 0 Å². The summed E-state index contributed by atoms with van der Waals surface area (Å²) in [7, 11) is 0. The molecule has 2 aromatic carbocycles. The molecular formula is C17H19IN2O2. The maximum atomic E-state index is 11.9. The van der Waals surface area contributed by atoms with E-state index in [0.29, 0.717) is 30.9 Å². The molecule has 0 bridgehead atoms. The maximum Gasteiger partial charge on any atom is 0.224 e. The molecule has 2 rings (SSSR count). The summed E-state index contributed by atoms with van der Waals surface area (Å²) >= 11 is 2.25. The van der Waals surface area contributed by atoms with Crippen LogP contribution in [-0.2, 0) is 4.79 Å². The van der Waals surface area contributed by atoms with Crippen LogP contribution in [0.15, 0.2) is 42.5 Å². The minimum atomic E-state index is -0.00561. The van der Waals surface area contributed by atoms with Gasteiger partial charge >= 0.3 is 0 Å². The molecule has 0 fully saturated rings. The third-order valence-corrected chi connectivity index (χ3v) is 3.86. The van der Waals surface area contributed by atoms with Gasteiger partial charge in [-0.3, -0.25) is 4.79 Å². The zero-order valence-electron chi connectivity index (χ0n) is 12.4. The largest absolute Gasteiger partial charge is 0.491 e. The monoisotopic (exact) mass is 410 g/mol. The van der Waals surface area contributed by atoms with E-state index in [0.717, 1.165) is 14.8 Å². The first kappa shape index (κ1) is 16.6.